The number of hydrogen-bond acceptors (Lipinski definition) is 5. The fourth-order valence-corrected chi connectivity index (χ4v) is 4.08. The summed E-state index contributed by atoms with van der Waals surface area (Å²) in [5, 5.41) is 10.5. The number of imidazole rings is 1. The quantitative estimate of drug-likeness (QED) is 0.275. The maximum atomic E-state index is 10.5. The lowest BCUT2D eigenvalue weighted by atomic mass is 10.0. The number of aromatic hydroxyl groups is 1. The van der Waals surface area contributed by atoms with Gasteiger partial charge in [-0.15, -0.1) is 0 Å². The van der Waals surface area contributed by atoms with Crippen LogP contribution in [0.25, 0.3) is 28.2 Å². The van der Waals surface area contributed by atoms with Crippen molar-refractivity contribution >= 4 is 0 Å². The second-order valence-corrected chi connectivity index (χ2v) is 8.21. The lowest BCUT2D eigenvalue weighted by Gasteiger charge is -2.14. The lowest BCUT2D eigenvalue weighted by molar-refractivity contribution is 0.289. The Bertz CT molecular complexity index is 1440. The van der Waals surface area contributed by atoms with Crippen molar-refractivity contribution in [2.24, 2.45) is 0 Å². The van der Waals surface area contributed by atoms with Gasteiger partial charge in [-0.1, -0.05) is 48.5 Å². The van der Waals surface area contributed by atoms with Crippen LogP contribution in [0.3, 0.4) is 0 Å². The van der Waals surface area contributed by atoms with Gasteiger partial charge in [-0.3, -0.25) is 4.57 Å². The van der Waals surface area contributed by atoms with Gasteiger partial charge in [-0.05, 0) is 48.0 Å². The lowest BCUT2D eigenvalue weighted by Crippen LogP contribution is -1.99. The Morgan fingerprint density at radius 1 is 0.750 bits per heavy atom. The largest absolute Gasteiger partial charge is 0.504 e. The van der Waals surface area contributed by atoms with Crippen LogP contribution in [-0.2, 0) is 6.61 Å². The third-order valence-corrected chi connectivity index (χ3v) is 5.90. The van der Waals surface area contributed by atoms with Gasteiger partial charge < -0.3 is 19.3 Å². The molecule has 0 saturated carbocycles. The van der Waals surface area contributed by atoms with E-state index in [1.54, 1.807) is 26.6 Å². The molecular weight excluding hydrogens is 452 g/mol. The molecule has 5 aromatic rings. The van der Waals surface area contributed by atoms with E-state index in [2.05, 4.69) is 0 Å². The highest BCUT2D eigenvalue weighted by molar-refractivity contribution is 5.82. The van der Waals surface area contributed by atoms with E-state index in [0.717, 1.165) is 33.8 Å². The van der Waals surface area contributed by atoms with E-state index in [4.69, 9.17) is 19.2 Å². The highest BCUT2D eigenvalue weighted by Crippen LogP contribution is 2.39. The highest BCUT2D eigenvalue weighted by Gasteiger charge is 2.19. The molecule has 0 bridgehead atoms. The van der Waals surface area contributed by atoms with Crippen molar-refractivity contribution in [3.63, 3.8) is 0 Å². The van der Waals surface area contributed by atoms with Crippen molar-refractivity contribution in [1.82, 2.24) is 9.55 Å². The molecule has 0 fully saturated rings. The van der Waals surface area contributed by atoms with Gasteiger partial charge in [0.05, 0.1) is 25.6 Å². The molecule has 4 aromatic carbocycles. The van der Waals surface area contributed by atoms with Crippen molar-refractivity contribution in [1.29, 1.82) is 0 Å². The predicted molar refractivity (Wildman–Crippen MR) is 140 cm³/mol. The van der Waals surface area contributed by atoms with E-state index in [0.29, 0.717) is 23.9 Å². The molecule has 0 amide bonds. The number of phenols is 1. The Labute approximate surface area is 210 Å². The first-order valence-electron chi connectivity index (χ1n) is 11.5. The standard InChI is InChI=1S/C30H26N2O4/c1-34-25-15-23(16-26(18-25)35-2)29-30(32(20-31-29)24-11-7-4-8-12-24)22-13-14-27(33)28(17-22)36-19-21-9-5-3-6-10-21/h3-18,20,33H,19H2,1-2H3. The molecule has 6 nitrogen and oxygen atoms in total. The van der Waals surface area contributed by atoms with E-state index in [1.807, 2.05) is 95.6 Å². The van der Waals surface area contributed by atoms with E-state index in [1.165, 1.54) is 0 Å². The van der Waals surface area contributed by atoms with Crippen molar-refractivity contribution in [3.05, 3.63) is 109 Å². The molecule has 0 aliphatic heterocycles. The number of rotatable bonds is 8. The normalized spacial score (nSPS) is 10.7. The molecule has 180 valence electrons. The third kappa shape index (κ3) is 4.74. The third-order valence-electron chi connectivity index (χ3n) is 5.90. The van der Waals surface area contributed by atoms with E-state index >= 15 is 0 Å². The minimum absolute atomic E-state index is 0.0741. The zero-order chi connectivity index (χ0) is 24.9. The molecule has 1 aromatic heterocycles. The number of aromatic nitrogens is 2. The summed E-state index contributed by atoms with van der Waals surface area (Å²) < 4.78 is 19.0. The summed E-state index contributed by atoms with van der Waals surface area (Å²) in [6.07, 6.45) is 1.79. The minimum Gasteiger partial charge on any atom is -0.504 e. The summed E-state index contributed by atoms with van der Waals surface area (Å²) in [4.78, 5) is 4.78. The van der Waals surface area contributed by atoms with Crippen LogP contribution in [0.5, 0.6) is 23.0 Å². The van der Waals surface area contributed by atoms with Gasteiger partial charge in [0.2, 0.25) is 0 Å². The number of benzene rings is 4. The summed E-state index contributed by atoms with van der Waals surface area (Å²) in [5.74, 6) is 1.81. The molecule has 1 heterocycles. The smallest absolute Gasteiger partial charge is 0.162 e. The number of phenolic OH excluding ortho intramolecular Hbond substituents is 1. The van der Waals surface area contributed by atoms with Crippen molar-refractivity contribution in [2.75, 3.05) is 14.2 Å². The Morgan fingerprint density at radius 3 is 2.08 bits per heavy atom. The second-order valence-electron chi connectivity index (χ2n) is 8.21. The SMILES string of the molecule is COc1cc(OC)cc(-c2ncn(-c3ccccc3)c2-c2ccc(O)c(OCc3ccccc3)c2)c1. The average molecular weight is 479 g/mol. The molecule has 1 N–H and O–H groups in total. The van der Waals surface area contributed by atoms with Crippen molar-refractivity contribution in [3.8, 4) is 51.2 Å². The van der Waals surface area contributed by atoms with E-state index in [-0.39, 0.29) is 5.75 Å². The predicted octanol–water partition coefficient (Wildman–Crippen LogP) is 6.51. The molecule has 0 atom stereocenters. The van der Waals surface area contributed by atoms with Gasteiger partial charge in [0.1, 0.15) is 24.4 Å². The molecule has 0 saturated heterocycles. The molecule has 36 heavy (non-hydrogen) atoms. The van der Waals surface area contributed by atoms with Crippen LogP contribution < -0.4 is 14.2 Å². The fourth-order valence-electron chi connectivity index (χ4n) is 4.08. The van der Waals surface area contributed by atoms with Crippen LogP contribution in [-0.4, -0.2) is 28.9 Å². The molecular formula is C30H26N2O4. The molecule has 0 aliphatic carbocycles. The zero-order valence-electron chi connectivity index (χ0n) is 20.1. The maximum Gasteiger partial charge on any atom is 0.162 e. The second kappa shape index (κ2) is 10.3. The Balaban J connectivity index is 1.63. The first-order chi connectivity index (χ1) is 17.7. The first-order valence-corrected chi connectivity index (χ1v) is 11.5. The minimum atomic E-state index is 0.0741. The molecule has 0 aliphatic rings. The monoisotopic (exact) mass is 478 g/mol. The summed E-state index contributed by atoms with van der Waals surface area (Å²) in [6, 6.07) is 30.9. The van der Waals surface area contributed by atoms with Crippen LogP contribution in [0.1, 0.15) is 5.56 Å². The number of nitrogens with zero attached hydrogens (tertiary/aromatic N) is 2. The van der Waals surface area contributed by atoms with Gasteiger partial charge >= 0.3 is 0 Å². The number of hydrogen-bond donors (Lipinski definition) is 1. The van der Waals surface area contributed by atoms with Gasteiger partial charge in [-0.25, -0.2) is 4.98 Å². The van der Waals surface area contributed by atoms with E-state index in [9.17, 15) is 5.11 Å². The number of para-hydroxylation sites is 1. The number of methoxy groups -OCH3 is 2. The number of ether oxygens (including phenoxy) is 3. The van der Waals surface area contributed by atoms with Crippen LogP contribution in [0.15, 0.2) is 103 Å². The van der Waals surface area contributed by atoms with Gasteiger partial charge in [0, 0.05) is 22.9 Å². The summed E-state index contributed by atoms with van der Waals surface area (Å²) >= 11 is 0. The molecule has 0 spiro atoms. The molecule has 0 unspecified atom stereocenters. The van der Waals surface area contributed by atoms with Crippen LogP contribution >= 0.6 is 0 Å². The Hall–Kier alpha value is -4.71. The first kappa shape index (κ1) is 23.1. The topological polar surface area (TPSA) is 65.7 Å². The van der Waals surface area contributed by atoms with Crippen molar-refractivity contribution in [2.45, 2.75) is 6.61 Å². The molecule has 5 rings (SSSR count). The Kier molecular flexibility index (Phi) is 6.58. The van der Waals surface area contributed by atoms with Crippen LogP contribution in [0.4, 0.5) is 0 Å². The fraction of sp³-hybridized carbons (Fsp3) is 0.100. The molecule has 6 heteroatoms. The Morgan fingerprint density at radius 2 is 1.42 bits per heavy atom. The maximum absolute atomic E-state index is 10.5. The average Bonchev–Trinajstić information content (AvgIpc) is 3.38. The summed E-state index contributed by atoms with van der Waals surface area (Å²) in [6.45, 7) is 0.343. The van der Waals surface area contributed by atoms with Gasteiger partial charge in [0.15, 0.2) is 11.5 Å². The van der Waals surface area contributed by atoms with E-state index < -0.39 is 0 Å². The van der Waals surface area contributed by atoms with Crippen LogP contribution in [0, 0.1) is 0 Å². The van der Waals surface area contributed by atoms with Gasteiger partial charge in [0.25, 0.3) is 0 Å². The van der Waals surface area contributed by atoms with Crippen LogP contribution in [0.2, 0.25) is 0 Å². The zero-order valence-corrected chi connectivity index (χ0v) is 20.1. The highest BCUT2D eigenvalue weighted by atomic mass is 16.5. The summed E-state index contributed by atoms with van der Waals surface area (Å²) in [7, 11) is 3.25. The van der Waals surface area contributed by atoms with Crippen molar-refractivity contribution < 1.29 is 19.3 Å². The van der Waals surface area contributed by atoms with Gasteiger partial charge in [-0.2, -0.15) is 0 Å². The molecule has 0 radical (unpaired) electrons. The summed E-state index contributed by atoms with van der Waals surface area (Å²) in [5.41, 5.74) is 5.25.